The highest BCUT2D eigenvalue weighted by Crippen LogP contribution is 2.15. The van der Waals surface area contributed by atoms with Crippen molar-refractivity contribution in [1.82, 2.24) is 0 Å². The van der Waals surface area contributed by atoms with E-state index in [0.717, 1.165) is 12.8 Å². The predicted octanol–water partition coefficient (Wildman–Crippen LogP) is 4.23. The molecule has 0 atom stereocenters. The number of rotatable bonds is 5. The fourth-order valence-electron chi connectivity index (χ4n) is 1.46. The standard InChI is InChI=1S/C16H22O2/c1-16(2,3)12-8-5-9-13-18-15(17)14-10-6-4-7-11-14/h4,6-8,10-12H,5,9,13H2,1-3H3/b12-8+. The van der Waals surface area contributed by atoms with Gasteiger partial charge in [-0.25, -0.2) is 4.79 Å². The molecule has 2 nitrogen and oxygen atoms in total. The molecule has 0 bridgehead atoms. The van der Waals surface area contributed by atoms with Crippen LogP contribution < -0.4 is 0 Å². The van der Waals surface area contributed by atoms with Gasteiger partial charge in [-0.05, 0) is 30.4 Å². The van der Waals surface area contributed by atoms with Gasteiger partial charge in [0, 0.05) is 0 Å². The van der Waals surface area contributed by atoms with E-state index in [0.29, 0.717) is 12.2 Å². The van der Waals surface area contributed by atoms with Crippen LogP contribution >= 0.6 is 0 Å². The summed E-state index contributed by atoms with van der Waals surface area (Å²) in [4.78, 5) is 11.6. The Morgan fingerprint density at radius 2 is 1.89 bits per heavy atom. The van der Waals surface area contributed by atoms with Gasteiger partial charge in [0.25, 0.3) is 0 Å². The molecule has 0 N–H and O–H groups in total. The van der Waals surface area contributed by atoms with Crippen molar-refractivity contribution in [2.45, 2.75) is 33.6 Å². The molecule has 0 unspecified atom stereocenters. The van der Waals surface area contributed by atoms with E-state index in [1.54, 1.807) is 12.1 Å². The molecule has 1 aromatic carbocycles. The Kier molecular flexibility index (Phi) is 5.63. The number of hydrogen-bond donors (Lipinski definition) is 0. The lowest BCUT2D eigenvalue weighted by Gasteiger charge is -2.10. The maximum absolute atomic E-state index is 11.6. The molecule has 18 heavy (non-hydrogen) atoms. The monoisotopic (exact) mass is 246 g/mol. The minimum Gasteiger partial charge on any atom is -0.462 e. The lowest BCUT2D eigenvalue weighted by molar-refractivity contribution is 0.0501. The quantitative estimate of drug-likeness (QED) is 0.441. The van der Waals surface area contributed by atoms with E-state index in [-0.39, 0.29) is 11.4 Å². The van der Waals surface area contributed by atoms with Gasteiger partial charge < -0.3 is 4.74 Å². The highest BCUT2D eigenvalue weighted by atomic mass is 16.5. The van der Waals surface area contributed by atoms with Crippen LogP contribution in [0.15, 0.2) is 42.5 Å². The second-order valence-electron chi connectivity index (χ2n) is 5.41. The molecule has 0 spiro atoms. The fourth-order valence-corrected chi connectivity index (χ4v) is 1.46. The van der Waals surface area contributed by atoms with Crippen molar-refractivity contribution in [2.24, 2.45) is 5.41 Å². The summed E-state index contributed by atoms with van der Waals surface area (Å²) in [5, 5.41) is 0. The number of unbranched alkanes of at least 4 members (excludes halogenated alkanes) is 1. The van der Waals surface area contributed by atoms with E-state index >= 15 is 0 Å². The van der Waals surface area contributed by atoms with Crippen molar-refractivity contribution in [2.75, 3.05) is 6.61 Å². The lowest BCUT2D eigenvalue weighted by atomic mass is 9.96. The predicted molar refractivity (Wildman–Crippen MR) is 74.6 cm³/mol. The van der Waals surface area contributed by atoms with Crippen molar-refractivity contribution in [3.63, 3.8) is 0 Å². The fraction of sp³-hybridized carbons (Fsp3) is 0.438. The molecule has 0 saturated carbocycles. The van der Waals surface area contributed by atoms with Gasteiger partial charge in [-0.3, -0.25) is 0 Å². The summed E-state index contributed by atoms with van der Waals surface area (Å²) >= 11 is 0. The number of hydrogen-bond acceptors (Lipinski definition) is 2. The summed E-state index contributed by atoms with van der Waals surface area (Å²) in [6.07, 6.45) is 6.15. The molecule has 0 aliphatic rings. The van der Waals surface area contributed by atoms with Gasteiger partial charge in [0.05, 0.1) is 12.2 Å². The average molecular weight is 246 g/mol. The summed E-state index contributed by atoms with van der Waals surface area (Å²) in [6, 6.07) is 9.09. The largest absolute Gasteiger partial charge is 0.462 e. The van der Waals surface area contributed by atoms with Crippen molar-refractivity contribution >= 4 is 5.97 Å². The maximum Gasteiger partial charge on any atom is 0.338 e. The highest BCUT2D eigenvalue weighted by molar-refractivity contribution is 5.89. The van der Waals surface area contributed by atoms with Crippen molar-refractivity contribution in [1.29, 1.82) is 0 Å². The average Bonchev–Trinajstić information content (AvgIpc) is 2.33. The van der Waals surface area contributed by atoms with Crippen LogP contribution in [0, 0.1) is 5.41 Å². The third-order valence-electron chi connectivity index (χ3n) is 2.38. The molecule has 0 radical (unpaired) electrons. The van der Waals surface area contributed by atoms with Gasteiger partial charge in [-0.1, -0.05) is 51.1 Å². The molecule has 0 heterocycles. The molecule has 1 aromatic rings. The Hall–Kier alpha value is -1.57. The molecule has 2 heteroatoms. The summed E-state index contributed by atoms with van der Waals surface area (Å²) in [5.41, 5.74) is 0.837. The number of benzene rings is 1. The summed E-state index contributed by atoms with van der Waals surface area (Å²) < 4.78 is 5.19. The Labute approximate surface area is 110 Å². The molecule has 0 aliphatic carbocycles. The van der Waals surface area contributed by atoms with Crippen molar-refractivity contribution in [3.8, 4) is 0 Å². The Bertz CT molecular complexity index is 385. The van der Waals surface area contributed by atoms with Gasteiger partial charge in [-0.15, -0.1) is 0 Å². The van der Waals surface area contributed by atoms with Crippen LogP contribution in [0.3, 0.4) is 0 Å². The Morgan fingerprint density at radius 3 is 2.50 bits per heavy atom. The van der Waals surface area contributed by atoms with Gasteiger partial charge in [0.15, 0.2) is 0 Å². The summed E-state index contributed by atoms with van der Waals surface area (Å²) in [7, 11) is 0. The Balaban J connectivity index is 2.19. The first-order chi connectivity index (χ1) is 8.49. The highest BCUT2D eigenvalue weighted by Gasteiger charge is 2.05. The molecule has 1 rings (SSSR count). The van der Waals surface area contributed by atoms with Gasteiger partial charge in [0.2, 0.25) is 0 Å². The third kappa shape index (κ3) is 6.24. The Morgan fingerprint density at radius 1 is 1.22 bits per heavy atom. The van der Waals surface area contributed by atoms with Crippen LogP contribution in [0.5, 0.6) is 0 Å². The molecule has 0 aliphatic heterocycles. The zero-order valence-electron chi connectivity index (χ0n) is 11.5. The number of allylic oxidation sites excluding steroid dienone is 2. The molecule has 0 amide bonds. The minimum atomic E-state index is -0.240. The van der Waals surface area contributed by atoms with E-state index in [1.807, 2.05) is 18.2 Å². The van der Waals surface area contributed by atoms with E-state index in [2.05, 4.69) is 32.9 Å². The van der Waals surface area contributed by atoms with Gasteiger partial charge >= 0.3 is 5.97 Å². The smallest absolute Gasteiger partial charge is 0.338 e. The normalized spacial score (nSPS) is 11.7. The van der Waals surface area contributed by atoms with Crippen LogP contribution in [-0.2, 0) is 4.74 Å². The van der Waals surface area contributed by atoms with Crippen LogP contribution in [0.2, 0.25) is 0 Å². The molecule has 0 saturated heterocycles. The number of carbonyl (C=O) groups excluding carboxylic acids is 1. The van der Waals surface area contributed by atoms with E-state index < -0.39 is 0 Å². The van der Waals surface area contributed by atoms with Crippen LogP contribution in [0.25, 0.3) is 0 Å². The zero-order valence-corrected chi connectivity index (χ0v) is 11.5. The van der Waals surface area contributed by atoms with Crippen molar-refractivity contribution in [3.05, 3.63) is 48.0 Å². The van der Waals surface area contributed by atoms with E-state index in [4.69, 9.17) is 4.74 Å². The van der Waals surface area contributed by atoms with Crippen LogP contribution in [-0.4, -0.2) is 12.6 Å². The topological polar surface area (TPSA) is 26.3 Å². The molecule has 0 fully saturated rings. The number of esters is 1. The summed E-state index contributed by atoms with van der Waals surface area (Å²) in [6.45, 7) is 6.97. The molecule has 0 aromatic heterocycles. The molecular weight excluding hydrogens is 224 g/mol. The first-order valence-electron chi connectivity index (χ1n) is 6.39. The first-order valence-corrected chi connectivity index (χ1v) is 6.39. The maximum atomic E-state index is 11.6. The summed E-state index contributed by atoms with van der Waals surface area (Å²) in [5.74, 6) is -0.240. The van der Waals surface area contributed by atoms with E-state index in [9.17, 15) is 4.79 Å². The SMILES string of the molecule is CC(C)(C)/C=C/CCCOC(=O)c1ccccc1. The molecular formula is C16H22O2. The second kappa shape index (κ2) is 7.00. The second-order valence-corrected chi connectivity index (χ2v) is 5.41. The first kappa shape index (κ1) is 14.5. The number of ether oxygens (including phenoxy) is 1. The molecule has 98 valence electrons. The van der Waals surface area contributed by atoms with E-state index in [1.165, 1.54) is 0 Å². The van der Waals surface area contributed by atoms with Gasteiger partial charge in [-0.2, -0.15) is 0 Å². The minimum absolute atomic E-state index is 0.223. The lowest BCUT2D eigenvalue weighted by Crippen LogP contribution is -2.06. The third-order valence-corrected chi connectivity index (χ3v) is 2.38. The number of carbonyl (C=O) groups is 1. The van der Waals surface area contributed by atoms with Crippen LogP contribution in [0.1, 0.15) is 44.0 Å². The van der Waals surface area contributed by atoms with Crippen molar-refractivity contribution < 1.29 is 9.53 Å². The van der Waals surface area contributed by atoms with Crippen LogP contribution in [0.4, 0.5) is 0 Å². The van der Waals surface area contributed by atoms with Gasteiger partial charge in [0.1, 0.15) is 0 Å². The zero-order chi connectivity index (χ0) is 13.4.